The van der Waals surface area contributed by atoms with Gasteiger partial charge in [-0.2, -0.15) is 0 Å². The van der Waals surface area contributed by atoms with Gasteiger partial charge < -0.3 is 5.32 Å². The van der Waals surface area contributed by atoms with Crippen molar-refractivity contribution in [3.05, 3.63) is 70.3 Å². The van der Waals surface area contributed by atoms with Gasteiger partial charge in [0.1, 0.15) is 5.70 Å². The van der Waals surface area contributed by atoms with Crippen molar-refractivity contribution in [3.8, 4) is 0 Å². The lowest BCUT2D eigenvalue weighted by molar-refractivity contribution is -0.418. The molecule has 0 spiro atoms. The maximum absolute atomic E-state index is 10.9. The van der Waals surface area contributed by atoms with Crippen LogP contribution in [0.25, 0.3) is 5.70 Å². The summed E-state index contributed by atoms with van der Waals surface area (Å²) in [6.45, 7) is 0. The molecule has 0 fully saturated rings. The van der Waals surface area contributed by atoms with Crippen LogP contribution in [0, 0.1) is 10.1 Å². The van der Waals surface area contributed by atoms with E-state index in [9.17, 15) is 10.1 Å². The third-order valence-corrected chi connectivity index (χ3v) is 2.06. The van der Waals surface area contributed by atoms with Gasteiger partial charge in [-0.15, -0.1) is 0 Å². The van der Waals surface area contributed by atoms with E-state index in [0.29, 0.717) is 11.4 Å². The molecule has 2 heterocycles. The molecule has 1 aliphatic heterocycles. The molecule has 0 radical (unpaired) electrons. The third kappa shape index (κ3) is 1.98. The predicted molar refractivity (Wildman–Crippen MR) is 59.6 cm³/mol. The summed E-state index contributed by atoms with van der Waals surface area (Å²) in [7, 11) is 0. The van der Waals surface area contributed by atoms with E-state index in [4.69, 9.17) is 0 Å². The molecular formula is C11H9N3O2. The quantitative estimate of drug-likeness (QED) is 0.602. The maximum atomic E-state index is 10.9. The lowest BCUT2D eigenvalue weighted by Gasteiger charge is -2.05. The van der Waals surface area contributed by atoms with Crippen molar-refractivity contribution in [2.24, 2.45) is 0 Å². The molecule has 2 rings (SSSR count). The molecule has 1 N–H and O–H groups in total. The Kier molecular flexibility index (Phi) is 2.77. The zero-order valence-corrected chi connectivity index (χ0v) is 8.33. The number of allylic oxidation sites excluding steroid dienone is 3. The summed E-state index contributed by atoms with van der Waals surface area (Å²) >= 11 is 0. The van der Waals surface area contributed by atoms with E-state index in [-0.39, 0.29) is 5.70 Å². The molecule has 0 bridgehead atoms. The highest BCUT2D eigenvalue weighted by molar-refractivity contribution is 5.66. The van der Waals surface area contributed by atoms with Crippen LogP contribution < -0.4 is 5.32 Å². The maximum Gasteiger partial charge on any atom is 0.294 e. The minimum absolute atomic E-state index is 0.00343. The van der Waals surface area contributed by atoms with Gasteiger partial charge in [0.05, 0.1) is 10.6 Å². The fraction of sp³-hybridized carbons (Fsp3) is 0. The van der Waals surface area contributed by atoms with Crippen molar-refractivity contribution >= 4 is 5.70 Å². The molecule has 0 aromatic carbocycles. The van der Waals surface area contributed by atoms with Crippen LogP contribution in [-0.2, 0) is 0 Å². The van der Waals surface area contributed by atoms with Crippen LogP contribution in [0.5, 0.6) is 0 Å². The standard InChI is InChI=1S/C11H9N3O2/c15-14(16)10-6-2-4-8-13-11(10)9-5-1-3-7-12-9/h1-8,13H. The molecule has 0 unspecified atom stereocenters. The number of nitrogens with zero attached hydrogens (tertiary/aromatic N) is 2. The van der Waals surface area contributed by atoms with Gasteiger partial charge in [-0.1, -0.05) is 12.1 Å². The fourth-order valence-electron chi connectivity index (χ4n) is 1.36. The fourth-order valence-corrected chi connectivity index (χ4v) is 1.36. The van der Waals surface area contributed by atoms with Crippen LogP contribution >= 0.6 is 0 Å². The van der Waals surface area contributed by atoms with Gasteiger partial charge in [-0.25, -0.2) is 0 Å². The van der Waals surface area contributed by atoms with Gasteiger partial charge in [0.25, 0.3) is 5.70 Å². The van der Waals surface area contributed by atoms with E-state index >= 15 is 0 Å². The van der Waals surface area contributed by atoms with Gasteiger partial charge in [0, 0.05) is 18.5 Å². The minimum atomic E-state index is -0.430. The molecule has 5 nitrogen and oxygen atoms in total. The zero-order chi connectivity index (χ0) is 11.4. The topological polar surface area (TPSA) is 68.1 Å². The number of pyridine rings is 1. The summed E-state index contributed by atoms with van der Waals surface area (Å²) < 4.78 is 0. The molecule has 5 heteroatoms. The molecule has 0 amide bonds. The first-order valence-corrected chi connectivity index (χ1v) is 4.69. The van der Waals surface area contributed by atoms with Crippen molar-refractivity contribution < 1.29 is 4.92 Å². The van der Waals surface area contributed by atoms with Crippen LogP contribution in [0.15, 0.2) is 54.5 Å². The Morgan fingerprint density at radius 1 is 1.31 bits per heavy atom. The summed E-state index contributed by atoms with van der Waals surface area (Å²) in [6, 6.07) is 5.27. The Labute approximate surface area is 92.0 Å². The molecule has 16 heavy (non-hydrogen) atoms. The highest BCUT2D eigenvalue weighted by Crippen LogP contribution is 2.17. The number of aromatic nitrogens is 1. The summed E-state index contributed by atoms with van der Waals surface area (Å²) in [5.74, 6) is 0. The first-order valence-electron chi connectivity index (χ1n) is 4.69. The summed E-state index contributed by atoms with van der Waals surface area (Å²) in [5, 5.41) is 13.8. The van der Waals surface area contributed by atoms with E-state index in [2.05, 4.69) is 10.3 Å². The lowest BCUT2D eigenvalue weighted by atomic mass is 10.2. The predicted octanol–water partition coefficient (Wildman–Crippen LogP) is 1.70. The SMILES string of the molecule is O=[N+]([O-])C1=C(c2ccccn2)NC=CC=C1. The second kappa shape index (κ2) is 4.39. The van der Waals surface area contributed by atoms with Crippen molar-refractivity contribution in [2.45, 2.75) is 0 Å². The van der Waals surface area contributed by atoms with Gasteiger partial charge >= 0.3 is 0 Å². The molecule has 1 aliphatic rings. The minimum Gasteiger partial charge on any atom is -0.354 e. The van der Waals surface area contributed by atoms with E-state index in [1.54, 1.807) is 42.7 Å². The molecule has 1 aromatic rings. The van der Waals surface area contributed by atoms with Gasteiger partial charge in [0.2, 0.25) is 0 Å². The summed E-state index contributed by atoms with van der Waals surface area (Å²) in [6.07, 6.45) is 7.98. The van der Waals surface area contributed by atoms with Crippen LogP contribution in [-0.4, -0.2) is 9.91 Å². The Morgan fingerprint density at radius 2 is 2.19 bits per heavy atom. The first-order chi connectivity index (χ1) is 7.79. The molecule has 0 atom stereocenters. The van der Waals surface area contributed by atoms with Crippen molar-refractivity contribution in [3.63, 3.8) is 0 Å². The van der Waals surface area contributed by atoms with E-state index < -0.39 is 4.92 Å². The first kappa shape index (κ1) is 10.1. The molecule has 0 aliphatic carbocycles. The van der Waals surface area contributed by atoms with Crippen LogP contribution in [0.2, 0.25) is 0 Å². The molecule has 1 aromatic heterocycles. The number of hydrogen-bond acceptors (Lipinski definition) is 4. The average molecular weight is 215 g/mol. The molecule has 0 saturated carbocycles. The number of hydrogen-bond donors (Lipinski definition) is 1. The second-order valence-electron chi connectivity index (χ2n) is 3.09. The normalized spacial score (nSPS) is 14.5. The van der Waals surface area contributed by atoms with Crippen molar-refractivity contribution in [1.29, 1.82) is 0 Å². The Morgan fingerprint density at radius 3 is 2.88 bits per heavy atom. The van der Waals surface area contributed by atoms with Crippen molar-refractivity contribution in [2.75, 3.05) is 0 Å². The van der Waals surface area contributed by atoms with Crippen LogP contribution in [0.3, 0.4) is 0 Å². The average Bonchev–Trinajstić information content (AvgIpc) is 2.55. The Bertz CT molecular complexity index is 489. The van der Waals surface area contributed by atoms with Gasteiger partial charge in [-0.05, 0) is 18.2 Å². The lowest BCUT2D eigenvalue weighted by Crippen LogP contribution is -2.11. The number of rotatable bonds is 2. The third-order valence-electron chi connectivity index (χ3n) is 2.06. The highest BCUT2D eigenvalue weighted by Gasteiger charge is 2.18. The Balaban J connectivity index is 2.53. The van der Waals surface area contributed by atoms with E-state index in [1.807, 2.05) is 0 Å². The monoisotopic (exact) mass is 215 g/mol. The van der Waals surface area contributed by atoms with Crippen molar-refractivity contribution in [1.82, 2.24) is 10.3 Å². The van der Waals surface area contributed by atoms with E-state index in [1.165, 1.54) is 6.08 Å². The largest absolute Gasteiger partial charge is 0.354 e. The zero-order valence-electron chi connectivity index (χ0n) is 8.33. The number of nitrogens with one attached hydrogen (secondary N) is 1. The molecule has 0 saturated heterocycles. The molecular weight excluding hydrogens is 206 g/mol. The van der Waals surface area contributed by atoms with Gasteiger partial charge in [0.15, 0.2) is 0 Å². The smallest absolute Gasteiger partial charge is 0.294 e. The molecule has 80 valence electrons. The van der Waals surface area contributed by atoms with Crippen LogP contribution in [0.1, 0.15) is 5.69 Å². The number of nitro groups is 1. The van der Waals surface area contributed by atoms with Gasteiger partial charge in [-0.3, -0.25) is 15.1 Å². The van der Waals surface area contributed by atoms with Crippen LogP contribution in [0.4, 0.5) is 0 Å². The summed E-state index contributed by atoms with van der Waals surface area (Å²) in [4.78, 5) is 14.5. The summed E-state index contributed by atoms with van der Waals surface area (Å²) in [5.41, 5.74) is 0.949. The highest BCUT2D eigenvalue weighted by atomic mass is 16.6. The Hall–Kier alpha value is -2.43. The second-order valence-corrected chi connectivity index (χ2v) is 3.09. The van der Waals surface area contributed by atoms with E-state index in [0.717, 1.165) is 0 Å².